The molecule has 2 aliphatic carbocycles. The van der Waals surface area contributed by atoms with Crippen LogP contribution >= 0.6 is 0 Å². The second-order valence-corrected chi connectivity index (χ2v) is 3.43. The van der Waals surface area contributed by atoms with Crippen molar-refractivity contribution in [1.82, 2.24) is 9.97 Å². The molecule has 1 saturated carbocycles. The predicted octanol–water partition coefficient (Wildman–Crippen LogP) is 0.00680. The Balaban J connectivity index is 0.000000354. The maximum atomic E-state index is 11.3. The molecule has 0 aromatic carbocycles. The number of fused-ring (bicyclic) bond motifs is 2. The highest BCUT2D eigenvalue weighted by Gasteiger charge is 2.35. The van der Waals surface area contributed by atoms with Crippen LogP contribution in [-0.2, 0) is 0 Å². The standard InChI is InChI=1S/C9H8N2O.C2H6/c12-9-7-2-5-1-6(5)3-8(7)10-4-11-9;1-2/h2-6H,1H2,(H,10,11,12);1-2H3. The van der Waals surface area contributed by atoms with Gasteiger partial charge >= 0.3 is 0 Å². The predicted molar refractivity (Wildman–Crippen MR) is 56.0 cm³/mol. The molecule has 0 saturated heterocycles. The molecule has 1 aromatic rings. The molecule has 2 atom stereocenters. The molecular weight excluding hydrogens is 176 g/mol. The van der Waals surface area contributed by atoms with Crippen molar-refractivity contribution in [2.45, 2.75) is 20.3 Å². The van der Waals surface area contributed by atoms with Crippen LogP contribution in [-0.4, -0.2) is 9.97 Å². The Bertz CT molecular complexity index is 501. The lowest BCUT2D eigenvalue weighted by molar-refractivity contribution is 0.984. The van der Waals surface area contributed by atoms with E-state index in [0.29, 0.717) is 11.8 Å². The van der Waals surface area contributed by atoms with E-state index >= 15 is 0 Å². The van der Waals surface area contributed by atoms with Gasteiger partial charge in [0.15, 0.2) is 0 Å². The first kappa shape index (κ1) is 9.19. The van der Waals surface area contributed by atoms with Gasteiger partial charge in [-0.05, 0) is 18.3 Å². The lowest BCUT2D eigenvalue weighted by Crippen LogP contribution is -2.43. The number of rotatable bonds is 0. The molecule has 0 aliphatic heterocycles. The van der Waals surface area contributed by atoms with Gasteiger partial charge in [0.1, 0.15) is 0 Å². The third kappa shape index (κ3) is 1.39. The molecule has 14 heavy (non-hydrogen) atoms. The summed E-state index contributed by atoms with van der Waals surface area (Å²) in [6.45, 7) is 4.00. The number of nitrogens with zero attached hydrogens (tertiary/aromatic N) is 1. The molecule has 2 aliphatic rings. The fourth-order valence-corrected chi connectivity index (χ4v) is 1.75. The van der Waals surface area contributed by atoms with Crippen LogP contribution in [0.3, 0.4) is 0 Å². The molecule has 3 nitrogen and oxygen atoms in total. The Morgan fingerprint density at radius 2 is 2.07 bits per heavy atom. The lowest BCUT2D eigenvalue weighted by atomic mass is 10.2. The van der Waals surface area contributed by atoms with Gasteiger partial charge in [-0.3, -0.25) is 4.79 Å². The zero-order valence-electron chi connectivity index (χ0n) is 8.45. The molecular formula is C11H14N2O. The number of H-pyrrole nitrogens is 1. The van der Waals surface area contributed by atoms with Crippen molar-refractivity contribution in [3.05, 3.63) is 27.2 Å². The smallest absolute Gasteiger partial charge is 0.258 e. The quantitative estimate of drug-likeness (QED) is 0.626. The topological polar surface area (TPSA) is 45.8 Å². The molecule has 0 amide bonds. The maximum Gasteiger partial charge on any atom is 0.258 e. The van der Waals surface area contributed by atoms with Gasteiger partial charge in [-0.25, -0.2) is 4.98 Å². The molecule has 0 bridgehead atoms. The Hall–Kier alpha value is -1.38. The van der Waals surface area contributed by atoms with E-state index in [2.05, 4.69) is 16.0 Å². The summed E-state index contributed by atoms with van der Waals surface area (Å²) >= 11 is 0. The second-order valence-electron chi connectivity index (χ2n) is 3.43. The van der Waals surface area contributed by atoms with Crippen molar-refractivity contribution >= 4 is 12.2 Å². The van der Waals surface area contributed by atoms with Crippen LogP contribution in [0.2, 0.25) is 0 Å². The van der Waals surface area contributed by atoms with Crippen LogP contribution in [0.25, 0.3) is 12.2 Å². The van der Waals surface area contributed by atoms with E-state index in [0.717, 1.165) is 10.6 Å². The molecule has 74 valence electrons. The zero-order valence-corrected chi connectivity index (χ0v) is 8.45. The summed E-state index contributed by atoms with van der Waals surface area (Å²) in [5.74, 6) is 1.27. The Morgan fingerprint density at radius 1 is 1.36 bits per heavy atom. The highest BCUT2D eigenvalue weighted by Crippen LogP contribution is 2.41. The van der Waals surface area contributed by atoms with Crippen molar-refractivity contribution in [1.29, 1.82) is 0 Å². The third-order valence-corrected chi connectivity index (χ3v) is 2.56. The molecule has 0 radical (unpaired) electrons. The molecule has 3 rings (SSSR count). The van der Waals surface area contributed by atoms with E-state index in [9.17, 15) is 4.79 Å². The van der Waals surface area contributed by atoms with E-state index in [1.54, 1.807) is 0 Å². The van der Waals surface area contributed by atoms with E-state index in [-0.39, 0.29) is 5.56 Å². The lowest BCUT2D eigenvalue weighted by Gasteiger charge is -1.95. The first-order chi connectivity index (χ1) is 6.84. The summed E-state index contributed by atoms with van der Waals surface area (Å²) < 4.78 is 0. The molecule has 3 heteroatoms. The number of hydrogen-bond donors (Lipinski definition) is 1. The van der Waals surface area contributed by atoms with E-state index in [4.69, 9.17) is 0 Å². The van der Waals surface area contributed by atoms with Crippen molar-refractivity contribution < 1.29 is 0 Å². The average Bonchev–Trinajstić information content (AvgIpc) is 2.97. The minimum absolute atomic E-state index is 0.0124. The summed E-state index contributed by atoms with van der Waals surface area (Å²) in [4.78, 5) is 18.0. The molecule has 0 spiro atoms. The summed E-state index contributed by atoms with van der Waals surface area (Å²) in [6, 6.07) is 0. The Kier molecular flexibility index (Phi) is 2.23. The van der Waals surface area contributed by atoms with Crippen LogP contribution < -0.4 is 16.1 Å². The minimum Gasteiger partial charge on any atom is -0.313 e. The highest BCUT2D eigenvalue weighted by molar-refractivity contribution is 5.47. The summed E-state index contributed by atoms with van der Waals surface area (Å²) in [5, 5.41) is 1.62. The molecule has 2 unspecified atom stereocenters. The molecule has 1 fully saturated rings. The molecule has 1 N–H and O–H groups in total. The van der Waals surface area contributed by atoms with Crippen LogP contribution in [0.4, 0.5) is 0 Å². The van der Waals surface area contributed by atoms with Crippen molar-refractivity contribution in [3.63, 3.8) is 0 Å². The average molecular weight is 190 g/mol. The van der Waals surface area contributed by atoms with E-state index < -0.39 is 0 Å². The van der Waals surface area contributed by atoms with Crippen LogP contribution in [0.5, 0.6) is 0 Å². The van der Waals surface area contributed by atoms with Crippen molar-refractivity contribution in [2.24, 2.45) is 11.8 Å². The third-order valence-electron chi connectivity index (χ3n) is 2.56. The monoisotopic (exact) mass is 190 g/mol. The normalized spacial score (nSPS) is 25.6. The fourth-order valence-electron chi connectivity index (χ4n) is 1.75. The number of aromatic nitrogens is 2. The molecule has 1 aromatic heterocycles. The summed E-state index contributed by atoms with van der Waals surface area (Å²) in [5.41, 5.74) is -0.0124. The van der Waals surface area contributed by atoms with Gasteiger partial charge in [-0.2, -0.15) is 0 Å². The van der Waals surface area contributed by atoms with Crippen LogP contribution in [0, 0.1) is 11.8 Å². The van der Waals surface area contributed by atoms with Gasteiger partial charge in [0.05, 0.1) is 16.9 Å². The number of hydrogen-bond acceptors (Lipinski definition) is 2. The van der Waals surface area contributed by atoms with Gasteiger partial charge in [-0.15, -0.1) is 0 Å². The first-order valence-corrected chi connectivity index (χ1v) is 5.12. The molecule has 1 heterocycles. The largest absolute Gasteiger partial charge is 0.313 e. The van der Waals surface area contributed by atoms with Gasteiger partial charge < -0.3 is 4.98 Å². The van der Waals surface area contributed by atoms with Crippen molar-refractivity contribution in [2.75, 3.05) is 0 Å². The van der Waals surface area contributed by atoms with Crippen molar-refractivity contribution in [3.8, 4) is 0 Å². The first-order valence-electron chi connectivity index (χ1n) is 5.12. The Morgan fingerprint density at radius 3 is 2.86 bits per heavy atom. The van der Waals surface area contributed by atoms with Gasteiger partial charge in [0, 0.05) is 0 Å². The maximum absolute atomic E-state index is 11.3. The second kappa shape index (κ2) is 3.40. The SMILES string of the molecule is CC.O=c1[nH]cnc2c1=CC1CC1C=2. The van der Waals surface area contributed by atoms with Crippen LogP contribution in [0.15, 0.2) is 11.1 Å². The van der Waals surface area contributed by atoms with Crippen LogP contribution in [0.1, 0.15) is 20.3 Å². The highest BCUT2D eigenvalue weighted by atomic mass is 16.1. The zero-order chi connectivity index (χ0) is 10.1. The summed E-state index contributed by atoms with van der Waals surface area (Å²) in [7, 11) is 0. The minimum atomic E-state index is -0.0124. The fraction of sp³-hybridized carbons (Fsp3) is 0.455. The van der Waals surface area contributed by atoms with E-state index in [1.807, 2.05) is 19.9 Å². The summed E-state index contributed by atoms with van der Waals surface area (Å²) in [6.07, 6.45) is 6.81. The van der Waals surface area contributed by atoms with Gasteiger partial charge in [-0.1, -0.05) is 26.0 Å². The number of aromatic amines is 1. The number of nitrogens with one attached hydrogen (secondary N) is 1. The van der Waals surface area contributed by atoms with Gasteiger partial charge in [0.25, 0.3) is 5.56 Å². The van der Waals surface area contributed by atoms with Gasteiger partial charge in [0.2, 0.25) is 0 Å². The Labute approximate surface area is 82.2 Å². The van der Waals surface area contributed by atoms with E-state index in [1.165, 1.54) is 12.7 Å².